The number of nitrogens with zero attached hydrogens (tertiary/aromatic N) is 6. The van der Waals surface area contributed by atoms with Crippen LogP contribution in [0.15, 0.2) is 29.1 Å². The molecule has 0 radical (unpaired) electrons. The van der Waals surface area contributed by atoms with Gasteiger partial charge in [0.15, 0.2) is 0 Å². The van der Waals surface area contributed by atoms with E-state index < -0.39 is 11.7 Å². The number of carbonyl (C=O) groups excluding carboxylic acids is 1. The van der Waals surface area contributed by atoms with Gasteiger partial charge in [-0.1, -0.05) is 28.5 Å². The summed E-state index contributed by atoms with van der Waals surface area (Å²) in [6.07, 6.45) is 0. The van der Waals surface area contributed by atoms with Gasteiger partial charge in [-0.05, 0) is 36.4 Å². The first-order valence-electron chi connectivity index (χ1n) is 6.84. The maximum atomic E-state index is 12.3. The molecule has 0 saturated heterocycles. The molecule has 0 aliphatic rings. The number of aromatic nitrogens is 4. The highest BCUT2D eigenvalue weighted by Gasteiger charge is 2.21. The van der Waals surface area contributed by atoms with Gasteiger partial charge in [-0.25, -0.2) is 9.59 Å². The summed E-state index contributed by atoms with van der Waals surface area (Å²) in [5, 5.41) is 9.29. The zero-order chi connectivity index (χ0) is 16.3. The Hall–Kier alpha value is -2.35. The van der Waals surface area contributed by atoms with Gasteiger partial charge in [-0.15, -0.1) is 4.68 Å². The highest BCUT2D eigenvalue weighted by molar-refractivity contribution is 6.33. The molecule has 0 bridgehead atoms. The Balaban J connectivity index is 2.38. The quantitative estimate of drug-likeness (QED) is 0.792. The third kappa shape index (κ3) is 2.82. The van der Waals surface area contributed by atoms with Crippen molar-refractivity contribution in [2.45, 2.75) is 13.8 Å². The lowest BCUT2D eigenvalue weighted by molar-refractivity contribution is 0.200. The highest BCUT2D eigenvalue weighted by Crippen LogP contribution is 2.23. The molecule has 0 aliphatic carbocycles. The van der Waals surface area contributed by atoms with Crippen LogP contribution in [-0.2, 0) is 0 Å². The number of amides is 1. The van der Waals surface area contributed by atoms with E-state index in [0.717, 1.165) is 9.47 Å². The topological polar surface area (TPSA) is 76.3 Å². The van der Waals surface area contributed by atoms with Crippen LogP contribution in [0.2, 0.25) is 5.02 Å². The van der Waals surface area contributed by atoms with Gasteiger partial charge in [0.2, 0.25) is 0 Å². The molecule has 1 aromatic heterocycles. The molecule has 0 atom stereocenters. The van der Waals surface area contributed by atoms with Crippen molar-refractivity contribution in [2.24, 2.45) is 0 Å². The molecule has 1 aromatic carbocycles. The van der Waals surface area contributed by atoms with Gasteiger partial charge in [0.05, 0.1) is 10.7 Å². The summed E-state index contributed by atoms with van der Waals surface area (Å²) >= 11 is 6.10. The number of para-hydroxylation sites is 1. The van der Waals surface area contributed by atoms with Gasteiger partial charge in [-0.2, -0.15) is 0 Å². The van der Waals surface area contributed by atoms with Gasteiger partial charge in [0, 0.05) is 20.1 Å². The zero-order valence-corrected chi connectivity index (χ0v) is 13.4. The molecule has 0 spiro atoms. The van der Waals surface area contributed by atoms with Crippen molar-refractivity contribution in [3.8, 4) is 0 Å². The second-order valence-electron chi connectivity index (χ2n) is 4.49. The van der Waals surface area contributed by atoms with E-state index in [-0.39, 0.29) is 0 Å². The molecule has 8 nitrogen and oxygen atoms in total. The molecule has 0 unspecified atom stereocenters. The van der Waals surface area contributed by atoms with Crippen LogP contribution >= 0.6 is 11.6 Å². The van der Waals surface area contributed by atoms with Crippen LogP contribution in [0, 0.1) is 0 Å². The number of carbonyl (C=O) groups is 1. The molecule has 0 aliphatic heterocycles. The number of hydrogen-bond acceptors (Lipinski definition) is 5. The molecule has 1 heterocycles. The standard InChI is InChI=1S/C13H17ClN6O2/c1-4-18(5-2)12(21)19-13(22)20(16-15-19)17(3)11-9-7-6-8-10(11)14/h6-9H,4-5H2,1-3H3. The van der Waals surface area contributed by atoms with Crippen LogP contribution in [0.1, 0.15) is 13.8 Å². The zero-order valence-electron chi connectivity index (χ0n) is 12.6. The predicted molar refractivity (Wildman–Crippen MR) is 83.3 cm³/mol. The summed E-state index contributed by atoms with van der Waals surface area (Å²) < 4.78 is 0.736. The Kier molecular flexibility index (Phi) is 4.81. The minimum atomic E-state index is -0.653. The Morgan fingerprint density at radius 3 is 2.45 bits per heavy atom. The fourth-order valence-electron chi connectivity index (χ4n) is 1.99. The molecule has 118 valence electrons. The van der Waals surface area contributed by atoms with E-state index >= 15 is 0 Å². The van der Waals surface area contributed by atoms with E-state index in [4.69, 9.17) is 11.6 Å². The molecule has 2 rings (SSSR count). The van der Waals surface area contributed by atoms with Crippen molar-refractivity contribution in [2.75, 3.05) is 25.1 Å². The van der Waals surface area contributed by atoms with Gasteiger partial charge in [0.25, 0.3) is 0 Å². The van der Waals surface area contributed by atoms with Gasteiger partial charge < -0.3 is 4.90 Å². The molecule has 1 amide bonds. The third-order valence-corrected chi connectivity index (χ3v) is 3.59. The van der Waals surface area contributed by atoms with Gasteiger partial charge in [-0.3, -0.25) is 5.01 Å². The average Bonchev–Trinajstić information content (AvgIpc) is 2.90. The monoisotopic (exact) mass is 324 g/mol. The summed E-state index contributed by atoms with van der Waals surface area (Å²) in [6, 6.07) is 6.50. The van der Waals surface area contributed by atoms with Crippen molar-refractivity contribution >= 4 is 23.3 Å². The van der Waals surface area contributed by atoms with Gasteiger partial charge >= 0.3 is 11.7 Å². The third-order valence-electron chi connectivity index (χ3n) is 3.27. The van der Waals surface area contributed by atoms with E-state index in [1.165, 1.54) is 9.91 Å². The van der Waals surface area contributed by atoms with E-state index in [1.54, 1.807) is 31.3 Å². The first kappa shape index (κ1) is 16.0. The minimum absolute atomic E-state index is 0.460. The van der Waals surface area contributed by atoms with Crippen LogP contribution in [0.3, 0.4) is 0 Å². The number of hydrogen-bond donors (Lipinski definition) is 0. The maximum absolute atomic E-state index is 12.3. The van der Waals surface area contributed by atoms with E-state index in [9.17, 15) is 9.59 Å². The number of tetrazole rings is 1. The first-order valence-corrected chi connectivity index (χ1v) is 7.21. The van der Waals surface area contributed by atoms with Crippen LogP contribution < -0.4 is 10.7 Å². The van der Waals surface area contributed by atoms with Crippen molar-refractivity contribution in [1.29, 1.82) is 0 Å². The fraction of sp³-hybridized carbons (Fsp3) is 0.385. The lowest BCUT2D eigenvalue weighted by Gasteiger charge is -2.18. The smallest absolute Gasteiger partial charge is 0.323 e. The summed E-state index contributed by atoms with van der Waals surface area (Å²) in [6.45, 7) is 4.61. The Bertz CT molecular complexity index is 721. The Morgan fingerprint density at radius 2 is 1.86 bits per heavy atom. The fourth-order valence-corrected chi connectivity index (χ4v) is 2.25. The lowest BCUT2D eigenvalue weighted by atomic mass is 10.3. The largest absolute Gasteiger partial charge is 0.392 e. The summed E-state index contributed by atoms with van der Waals surface area (Å²) in [5.74, 6) is 0. The Labute approximate surface area is 132 Å². The predicted octanol–water partition coefficient (Wildman–Crippen LogP) is 1.30. The molecular formula is C13H17ClN6O2. The average molecular weight is 325 g/mol. The summed E-state index contributed by atoms with van der Waals surface area (Å²) in [5.41, 5.74) is -0.0760. The van der Waals surface area contributed by atoms with E-state index in [1.807, 2.05) is 13.8 Å². The lowest BCUT2D eigenvalue weighted by Crippen LogP contribution is -2.43. The highest BCUT2D eigenvalue weighted by atomic mass is 35.5. The van der Waals surface area contributed by atoms with Crippen LogP contribution in [-0.4, -0.2) is 51.0 Å². The molecule has 9 heteroatoms. The van der Waals surface area contributed by atoms with Crippen LogP contribution in [0.5, 0.6) is 0 Å². The second kappa shape index (κ2) is 6.61. The normalized spacial score (nSPS) is 10.5. The number of halogens is 1. The molecule has 0 N–H and O–H groups in total. The van der Waals surface area contributed by atoms with E-state index in [2.05, 4.69) is 10.4 Å². The SMILES string of the molecule is CCN(CC)C(=O)n1nnn(N(C)c2ccccc2Cl)c1=O. The van der Waals surface area contributed by atoms with Crippen molar-refractivity contribution in [3.63, 3.8) is 0 Å². The van der Waals surface area contributed by atoms with Crippen molar-refractivity contribution in [1.82, 2.24) is 24.8 Å². The van der Waals surface area contributed by atoms with Crippen LogP contribution in [0.4, 0.5) is 10.5 Å². The van der Waals surface area contributed by atoms with Gasteiger partial charge in [0.1, 0.15) is 0 Å². The minimum Gasteiger partial charge on any atom is -0.323 e. The maximum Gasteiger partial charge on any atom is 0.392 e. The molecule has 22 heavy (non-hydrogen) atoms. The number of rotatable bonds is 4. The Morgan fingerprint density at radius 1 is 1.23 bits per heavy atom. The number of anilines is 1. The molecule has 0 saturated carbocycles. The summed E-state index contributed by atoms with van der Waals surface area (Å²) in [4.78, 5) is 27.0. The number of benzene rings is 1. The second-order valence-corrected chi connectivity index (χ2v) is 4.90. The van der Waals surface area contributed by atoms with Crippen molar-refractivity contribution < 1.29 is 4.79 Å². The molecule has 0 fully saturated rings. The van der Waals surface area contributed by atoms with E-state index in [0.29, 0.717) is 23.8 Å². The molecular weight excluding hydrogens is 308 g/mol. The van der Waals surface area contributed by atoms with Crippen molar-refractivity contribution in [3.05, 3.63) is 39.8 Å². The summed E-state index contributed by atoms with van der Waals surface area (Å²) in [7, 11) is 1.61. The molecule has 2 aromatic rings. The van der Waals surface area contributed by atoms with Crippen LogP contribution in [0.25, 0.3) is 0 Å². The first-order chi connectivity index (χ1) is 10.5.